The van der Waals surface area contributed by atoms with Crippen molar-refractivity contribution in [2.75, 3.05) is 7.11 Å². The molecule has 0 amide bonds. The lowest BCUT2D eigenvalue weighted by Gasteiger charge is -2.10. The predicted octanol–water partition coefficient (Wildman–Crippen LogP) is 4.55. The van der Waals surface area contributed by atoms with E-state index in [9.17, 15) is 9.59 Å². The lowest BCUT2D eigenvalue weighted by Crippen LogP contribution is -2.06. The van der Waals surface area contributed by atoms with Crippen LogP contribution in [-0.2, 0) is 6.42 Å². The van der Waals surface area contributed by atoms with E-state index in [4.69, 9.17) is 9.84 Å². The number of rotatable bonds is 6. The van der Waals surface area contributed by atoms with Crippen LogP contribution in [0.5, 0.6) is 5.75 Å². The molecule has 25 heavy (non-hydrogen) atoms. The van der Waals surface area contributed by atoms with E-state index in [2.05, 4.69) is 0 Å². The molecule has 126 valence electrons. The Hall–Kier alpha value is -2.92. The van der Waals surface area contributed by atoms with Crippen molar-refractivity contribution >= 4 is 23.1 Å². The van der Waals surface area contributed by atoms with Gasteiger partial charge in [-0.1, -0.05) is 18.2 Å². The largest absolute Gasteiger partial charge is 0.496 e. The van der Waals surface area contributed by atoms with Gasteiger partial charge in [0.2, 0.25) is 0 Å². The first-order valence-electron chi connectivity index (χ1n) is 7.66. The predicted molar refractivity (Wildman–Crippen MR) is 97.7 cm³/mol. The normalized spacial score (nSPS) is 10.4. The number of Topliss-reactive ketones (excluding diaryl/α,β-unsaturated/α-hetero) is 1. The lowest BCUT2D eigenvalue weighted by atomic mass is 9.99. The van der Waals surface area contributed by atoms with Crippen molar-refractivity contribution in [3.05, 3.63) is 76.7 Å². The molecule has 0 aliphatic rings. The molecule has 0 aliphatic carbocycles. The number of carboxylic acids is 1. The number of thiophene rings is 1. The van der Waals surface area contributed by atoms with Gasteiger partial charge in [0.1, 0.15) is 5.75 Å². The molecule has 3 aromatic rings. The standard InChI is InChI=1S/C20H16O4S/c1-24-18-9-8-15(19-3-2-10-25-19)11-16(18)12-17(21)13-4-6-14(7-5-13)20(22)23/h2-11H,12H2,1H3,(H,22,23). The third-order valence-corrected chi connectivity index (χ3v) is 4.81. The Morgan fingerprint density at radius 3 is 2.36 bits per heavy atom. The van der Waals surface area contributed by atoms with Crippen molar-refractivity contribution in [2.45, 2.75) is 6.42 Å². The molecular weight excluding hydrogens is 336 g/mol. The average Bonchev–Trinajstić information content (AvgIpc) is 3.16. The van der Waals surface area contributed by atoms with E-state index in [0.29, 0.717) is 11.3 Å². The number of carbonyl (C=O) groups excluding carboxylic acids is 1. The number of benzene rings is 2. The Balaban J connectivity index is 1.86. The number of ketones is 1. The fourth-order valence-corrected chi connectivity index (χ4v) is 3.31. The molecule has 1 heterocycles. The summed E-state index contributed by atoms with van der Waals surface area (Å²) in [4.78, 5) is 24.6. The summed E-state index contributed by atoms with van der Waals surface area (Å²) in [7, 11) is 1.58. The minimum absolute atomic E-state index is 0.0847. The third kappa shape index (κ3) is 3.78. The number of hydrogen-bond donors (Lipinski definition) is 1. The fourth-order valence-electron chi connectivity index (χ4n) is 2.59. The molecule has 0 unspecified atom stereocenters. The summed E-state index contributed by atoms with van der Waals surface area (Å²) in [6.45, 7) is 0. The monoisotopic (exact) mass is 352 g/mol. The van der Waals surface area contributed by atoms with Crippen molar-refractivity contribution in [1.82, 2.24) is 0 Å². The molecule has 0 saturated heterocycles. The molecule has 1 aromatic heterocycles. The van der Waals surface area contributed by atoms with E-state index in [1.54, 1.807) is 30.6 Å². The van der Waals surface area contributed by atoms with Gasteiger partial charge in [0, 0.05) is 22.4 Å². The summed E-state index contributed by atoms with van der Waals surface area (Å²) in [5, 5.41) is 10.9. The number of carbonyl (C=O) groups is 2. The van der Waals surface area contributed by atoms with Gasteiger partial charge in [0.05, 0.1) is 12.7 Å². The second kappa shape index (κ2) is 7.32. The SMILES string of the molecule is COc1ccc(-c2cccs2)cc1CC(=O)c1ccc(C(=O)O)cc1. The zero-order valence-electron chi connectivity index (χ0n) is 13.6. The molecule has 0 atom stereocenters. The van der Waals surface area contributed by atoms with Crippen molar-refractivity contribution < 1.29 is 19.4 Å². The Morgan fingerprint density at radius 2 is 1.76 bits per heavy atom. The molecule has 0 bridgehead atoms. The lowest BCUT2D eigenvalue weighted by molar-refractivity contribution is 0.0696. The highest BCUT2D eigenvalue weighted by Crippen LogP contribution is 2.30. The summed E-state index contributed by atoms with van der Waals surface area (Å²) in [6, 6.07) is 15.8. The summed E-state index contributed by atoms with van der Waals surface area (Å²) in [5.74, 6) is -0.432. The number of aromatic carboxylic acids is 1. The summed E-state index contributed by atoms with van der Waals surface area (Å²) in [5.41, 5.74) is 2.49. The minimum Gasteiger partial charge on any atom is -0.496 e. The molecule has 0 radical (unpaired) electrons. The minimum atomic E-state index is -1.01. The van der Waals surface area contributed by atoms with Gasteiger partial charge >= 0.3 is 5.97 Å². The Kier molecular flexibility index (Phi) is 4.95. The number of methoxy groups -OCH3 is 1. The maximum atomic E-state index is 12.6. The summed E-state index contributed by atoms with van der Waals surface area (Å²) >= 11 is 1.64. The molecule has 5 heteroatoms. The molecule has 2 aromatic carbocycles. The van der Waals surface area contributed by atoms with E-state index in [0.717, 1.165) is 16.0 Å². The van der Waals surface area contributed by atoms with Crippen LogP contribution in [0.4, 0.5) is 0 Å². The average molecular weight is 352 g/mol. The van der Waals surface area contributed by atoms with Crippen LogP contribution in [0, 0.1) is 0 Å². The molecule has 0 fully saturated rings. The van der Waals surface area contributed by atoms with Gasteiger partial charge in [0.25, 0.3) is 0 Å². The molecule has 3 rings (SSSR count). The van der Waals surface area contributed by atoms with Gasteiger partial charge in [0.15, 0.2) is 5.78 Å². The van der Waals surface area contributed by atoms with Crippen LogP contribution in [0.1, 0.15) is 26.3 Å². The van der Waals surface area contributed by atoms with E-state index in [1.807, 2.05) is 35.7 Å². The van der Waals surface area contributed by atoms with Crippen LogP contribution in [0.15, 0.2) is 60.0 Å². The highest BCUT2D eigenvalue weighted by Gasteiger charge is 2.13. The van der Waals surface area contributed by atoms with Gasteiger partial charge in [-0.25, -0.2) is 4.79 Å². The molecule has 0 aliphatic heterocycles. The highest BCUT2D eigenvalue weighted by atomic mass is 32.1. The van der Waals surface area contributed by atoms with Gasteiger partial charge in [-0.15, -0.1) is 11.3 Å². The van der Waals surface area contributed by atoms with E-state index in [-0.39, 0.29) is 17.8 Å². The van der Waals surface area contributed by atoms with Crippen LogP contribution in [0.2, 0.25) is 0 Å². The number of carboxylic acid groups (broad SMARTS) is 1. The second-order valence-electron chi connectivity index (χ2n) is 5.49. The first-order chi connectivity index (χ1) is 12.1. The van der Waals surface area contributed by atoms with Crippen LogP contribution >= 0.6 is 11.3 Å². The van der Waals surface area contributed by atoms with Crippen molar-refractivity contribution in [3.63, 3.8) is 0 Å². The van der Waals surface area contributed by atoms with Crippen LogP contribution in [0.25, 0.3) is 10.4 Å². The first kappa shape index (κ1) is 16.9. The quantitative estimate of drug-likeness (QED) is 0.661. The summed E-state index contributed by atoms with van der Waals surface area (Å²) in [6.07, 6.45) is 0.189. The second-order valence-corrected chi connectivity index (χ2v) is 6.43. The molecule has 1 N–H and O–H groups in total. The van der Waals surface area contributed by atoms with E-state index in [1.165, 1.54) is 12.1 Å². The molecule has 0 spiro atoms. The number of hydrogen-bond acceptors (Lipinski definition) is 4. The van der Waals surface area contributed by atoms with Gasteiger partial charge in [-0.05, 0) is 47.3 Å². The van der Waals surface area contributed by atoms with Gasteiger partial charge < -0.3 is 9.84 Å². The molecule has 0 saturated carbocycles. The number of ether oxygens (including phenoxy) is 1. The van der Waals surface area contributed by atoms with Gasteiger partial charge in [-0.3, -0.25) is 4.79 Å². The maximum absolute atomic E-state index is 12.6. The van der Waals surface area contributed by atoms with Crippen LogP contribution in [-0.4, -0.2) is 24.0 Å². The summed E-state index contributed by atoms with van der Waals surface area (Å²) < 4.78 is 5.38. The Morgan fingerprint density at radius 1 is 1.04 bits per heavy atom. The van der Waals surface area contributed by atoms with Gasteiger partial charge in [-0.2, -0.15) is 0 Å². The zero-order valence-corrected chi connectivity index (χ0v) is 14.4. The molecule has 4 nitrogen and oxygen atoms in total. The van der Waals surface area contributed by atoms with Crippen LogP contribution < -0.4 is 4.74 Å². The smallest absolute Gasteiger partial charge is 0.335 e. The highest BCUT2D eigenvalue weighted by molar-refractivity contribution is 7.13. The van der Waals surface area contributed by atoms with E-state index >= 15 is 0 Å². The van der Waals surface area contributed by atoms with Crippen LogP contribution in [0.3, 0.4) is 0 Å². The van der Waals surface area contributed by atoms with E-state index < -0.39 is 5.97 Å². The third-order valence-electron chi connectivity index (χ3n) is 3.89. The zero-order chi connectivity index (χ0) is 17.8. The topological polar surface area (TPSA) is 63.6 Å². The fraction of sp³-hybridized carbons (Fsp3) is 0.100. The van der Waals surface area contributed by atoms with Crippen molar-refractivity contribution in [3.8, 4) is 16.2 Å². The molecular formula is C20H16O4S. The maximum Gasteiger partial charge on any atom is 0.335 e. The van der Waals surface area contributed by atoms with Crippen molar-refractivity contribution in [2.24, 2.45) is 0 Å². The first-order valence-corrected chi connectivity index (χ1v) is 8.54. The Bertz CT molecular complexity index is 896. The Labute approximate surface area is 149 Å². The van der Waals surface area contributed by atoms with Crippen molar-refractivity contribution in [1.29, 1.82) is 0 Å².